The van der Waals surface area contributed by atoms with E-state index >= 15 is 0 Å². The Bertz CT molecular complexity index is 473. The third-order valence-electron chi connectivity index (χ3n) is 1.98. The summed E-state index contributed by atoms with van der Waals surface area (Å²) in [5.41, 5.74) is 1.43. The van der Waals surface area contributed by atoms with Crippen molar-refractivity contribution >= 4 is 28.3 Å². The summed E-state index contributed by atoms with van der Waals surface area (Å²) >= 11 is 5.93. The van der Waals surface area contributed by atoms with E-state index in [4.69, 9.17) is 11.6 Å². The number of halogens is 1. The van der Waals surface area contributed by atoms with Crippen molar-refractivity contribution in [3.63, 3.8) is 0 Å². The number of para-hydroxylation sites is 1. The second-order valence-corrected chi connectivity index (χ2v) is 3.35. The molecule has 0 aliphatic carbocycles. The number of aromatic amines is 1. The number of aromatic nitrogens is 1. The van der Waals surface area contributed by atoms with Crippen LogP contribution in [0.25, 0.3) is 10.9 Å². The van der Waals surface area contributed by atoms with Crippen LogP contribution in [0.5, 0.6) is 0 Å². The summed E-state index contributed by atoms with van der Waals surface area (Å²) in [7, 11) is 0. The molecular formula is C10H8ClNO. The number of rotatable bonds is 1. The van der Waals surface area contributed by atoms with Crippen molar-refractivity contribution in [2.24, 2.45) is 0 Å². The minimum absolute atomic E-state index is 0.0206. The van der Waals surface area contributed by atoms with Crippen LogP contribution in [-0.4, -0.2) is 10.8 Å². The summed E-state index contributed by atoms with van der Waals surface area (Å²) in [5, 5.41) is 1.61. The van der Waals surface area contributed by atoms with E-state index in [1.54, 1.807) is 6.07 Å². The fraction of sp³-hybridized carbons (Fsp3) is 0.100. The number of nitrogens with one attached hydrogen (secondary N) is 1. The number of Topliss-reactive ketones (excluding diaryl/α,β-unsaturated/α-hetero) is 1. The molecule has 0 aliphatic rings. The van der Waals surface area contributed by atoms with Gasteiger partial charge in [0, 0.05) is 12.3 Å². The second kappa shape index (κ2) is 2.89. The van der Waals surface area contributed by atoms with Crippen LogP contribution in [-0.2, 0) is 0 Å². The van der Waals surface area contributed by atoms with Crippen LogP contribution in [0.3, 0.4) is 0 Å². The first-order valence-corrected chi connectivity index (χ1v) is 4.34. The van der Waals surface area contributed by atoms with Gasteiger partial charge in [-0.05, 0) is 12.1 Å². The lowest BCUT2D eigenvalue weighted by Crippen LogP contribution is -1.89. The Balaban J connectivity index is 2.75. The van der Waals surface area contributed by atoms with E-state index in [2.05, 4.69) is 4.98 Å². The summed E-state index contributed by atoms with van der Waals surface area (Å²) in [5.74, 6) is 0.0206. The van der Waals surface area contributed by atoms with E-state index in [9.17, 15) is 4.79 Å². The highest BCUT2D eigenvalue weighted by molar-refractivity contribution is 6.35. The molecule has 66 valence electrons. The highest BCUT2D eigenvalue weighted by atomic mass is 35.5. The van der Waals surface area contributed by atoms with Gasteiger partial charge in [0.15, 0.2) is 5.78 Å². The average Bonchev–Trinajstić information content (AvgIpc) is 2.49. The Labute approximate surface area is 80.5 Å². The van der Waals surface area contributed by atoms with E-state index < -0.39 is 0 Å². The number of benzene rings is 1. The van der Waals surface area contributed by atoms with Crippen molar-refractivity contribution in [2.45, 2.75) is 6.92 Å². The van der Waals surface area contributed by atoms with Crippen molar-refractivity contribution < 1.29 is 4.79 Å². The number of hydrogen-bond acceptors (Lipinski definition) is 1. The van der Waals surface area contributed by atoms with Crippen LogP contribution in [0.4, 0.5) is 0 Å². The average molecular weight is 194 g/mol. The van der Waals surface area contributed by atoms with Crippen LogP contribution in [0.15, 0.2) is 24.3 Å². The first-order chi connectivity index (χ1) is 6.18. The highest BCUT2D eigenvalue weighted by Crippen LogP contribution is 2.23. The van der Waals surface area contributed by atoms with Crippen molar-refractivity contribution in [1.29, 1.82) is 0 Å². The Morgan fingerprint density at radius 3 is 2.85 bits per heavy atom. The maximum absolute atomic E-state index is 11.1. The van der Waals surface area contributed by atoms with E-state index in [0.717, 1.165) is 10.9 Å². The molecule has 13 heavy (non-hydrogen) atoms. The second-order valence-electron chi connectivity index (χ2n) is 2.94. The number of carbonyl (C=O) groups excluding carboxylic acids is 1. The lowest BCUT2D eigenvalue weighted by molar-refractivity contribution is 0.101. The van der Waals surface area contributed by atoms with Crippen molar-refractivity contribution in [1.82, 2.24) is 4.98 Å². The molecule has 1 heterocycles. The molecule has 2 rings (SSSR count). The molecule has 0 aliphatic heterocycles. The first-order valence-electron chi connectivity index (χ1n) is 3.96. The molecule has 0 atom stereocenters. The molecule has 0 saturated carbocycles. The molecule has 2 nitrogen and oxygen atoms in total. The van der Waals surface area contributed by atoms with Gasteiger partial charge in [-0.15, -0.1) is 0 Å². The normalized spacial score (nSPS) is 10.6. The highest BCUT2D eigenvalue weighted by Gasteiger charge is 2.06. The van der Waals surface area contributed by atoms with Gasteiger partial charge in [0.05, 0.1) is 16.2 Å². The zero-order valence-corrected chi connectivity index (χ0v) is 7.85. The quantitative estimate of drug-likeness (QED) is 0.694. The molecule has 0 radical (unpaired) electrons. The van der Waals surface area contributed by atoms with E-state index in [1.807, 2.05) is 18.2 Å². The van der Waals surface area contributed by atoms with Gasteiger partial charge in [-0.25, -0.2) is 0 Å². The smallest absolute Gasteiger partial charge is 0.175 e. The topological polar surface area (TPSA) is 32.9 Å². The Kier molecular flexibility index (Phi) is 1.85. The number of H-pyrrole nitrogens is 1. The molecule has 0 bridgehead atoms. The standard InChI is InChI=1S/C10H8ClNO/c1-6(13)9-5-7-3-2-4-8(11)10(7)12-9/h2-5,12H,1H3. The van der Waals surface area contributed by atoms with Crippen LogP contribution >= 0.6 is 11.6 Å². The third-order valence-corrected chi connectivity index (χ3v) is 2.30. The molecule has 0 amide bonds. The molecule has 1 N–H and O–H groups in total. The van der Waals surface area contributed by atoms with Gasteiger partial charge in [0.25, 0.3) is 0 Å². The SMILES string of the molecule is CC(=O)c1cc2cccc(Cl)c2[nH]1. The molecule has 0 saturated heterocycles. The van der Waals surface area contributed by atoms with Gasteiger partial charge in [0.2, 0.25) is 0 Å². The Morgan fingerprint density at radius 2 is 2.23 bits per heavy atom. The number of carbonyl (C=O) groups is 1. The minimum atomic E-state index is 0.0206. The zero-order chi connectivity index (χ0) is 9.42. The van der Waals surface area contributed by atoms with Crippen LogP contribution in [0.2, 0.25) is 5.02 Å². The lowest BCUT2D eigenvalue weighted by atomic mass is 10.2. The number of hydrogen-bond donors (Lipinski definition) is 1. The maximum Gasteiger partial charge on any atom is 0.175 e. The molecule has 0 spiro atoms. The molecule has 2 aromatic rings. The summed E-state index contributed by atoms with van der Waals surface area (Å²) < 4.78 is 0. The molecule has 3 heteroatoms. The van der Waals surface area contributed by atoms with E-state index in [0.29, 0.717) is 10.7 Å². The van der Waals surface area contributed by atoms with Gasteiger partial charge in [-0.3, -0.25) is 4.79 Å². The van der Waals surface area contributed by atoms with Crippen LogP contribution in [0.1, 0.15) is 17.4 Å². The molecule has 1 aromatic heterocycles. The summed E-state index contributed by atoms with van der Waals surface area (Å²) in [6.45, 7) is 1.53. The van der Waals surface area contributed by atoms with Gasteiger partial charge < -0.3 is 4.98 Å². The number of fused-ring (bicyclic) bond motifs is 1. The predicted octanol–water partition coefficient (Wildman–Crippen LogP) is 3.02. The fourth-order valence-electron chi connectivity index (χ4n) is 1.31. The summed E-state index contributed by atoms with van der Waals surface area (Å²) in [6, 6.07) is 7.39. The van der Waals surface area contributed by atoms with Gasteiger partial charge in [-0.1, -0.05) is 23.7 Å². The summed E-state index contributed by atoms with van der Waals surface area (Å²) in [4.78, 5) is 14.0. The van der Waals surface area contributed by atoms with Gasteiger partial charge >= 0.3 is 0 Å². The minimum Gasteiger partial charge on any atom is -0.351 e. The van der Waals surface area contributed by atoms with Gasteiger partial charge in [-0.2, -0.15) is 0 Å². The molecular weight excluding hydrogens is 186 g/mol. The first kappa shape index (κ1) is 8.32. The molecule has 0 fully saturated rings. The number of ketones is 1. The van der Waals surface area contributed by atoms with E-state index in [-0.39, 0.29) is 5.78 Å². The fourth-order valence-corrected chi connectivity index (χ4v) is 1.54. The molecule has 1 aromatic carbocycles. The Morgan fingerprint density at radius 1 is 1.46 bits per heavy atom. The van der Waals surface area contributed by atoms with Crippen molar-refractivity contribution in [3.05, 3.63) is 35.0 Å². The van der Waals surface area contributed by atoms with Crippen molar-refractivity contribution in [2.75, 3.05) is 0 Å². The Hall–Kier alpha value is -1.28. The third kappa shape index (κ3) is 1.33. The zero-order valence-electron chi connectivity index (χ0n) is 7.10. The van der Waals surface area contributed by atoms with Crippen LogP contribution in [0, 0.1) is 0 Å². The van der Waals surface area contributed by atoms with Crippen molar-refractivity contribution in [3.8, 4) is 0 Å². The monoisotopic (exact) mass is 193 g/mol. The largest absolute Gasteiger partial charge is 0.351 e. The van der Waals surface area contributed by atoms with E-state index in [1.165, 1.54) is 6.92 Å². The summed E-state index contributed by atoms with van der Waals surface area (Å²) in [6.07, 6.45) is 0. The van der Waals surface area contributed by atoms with Crippen LogP contribution < -0.4 is 0 Å². The molecule has 0 unspecified atom stereocenters. The maximum atomic E-state index is 11.1. The lowest BCUT2D eigenvalue weighted by Gasteiger charge is -1.90. The predicted molar refractivity (Wildman–Crippen MR) is 53.3 cm³/mol. The van der Waals surface area contributed by atoms with Gasteiger partial charge in [0.1, 0.15) is 0 Å².